The molecule has 1 unspecified atom stereocenters. The SMILES string of the molecule is O=C1CCCCC(NC(=O)N2CCN(c3ccnc4cc(Cl)ccc34)CC2)C1. The molecule has 2 fully saturated rings. The summed E-state index contributed by atoms with van der Waals surface area (Å²) in [7, 11) is 0. The van der Waals surface area contributed by atoms with Crippen molar-refractivity contribution in [3.8, 4) is 0 Å². The van der Waals surface area contributed by atoms with E-state index in [-0.39, 0.29) is 17.9 Å². The number of ketones is 1. The molecule has 7 heteroatoms. The number of pyridine rings is 1. The molecule has 1 saturated carbocycles. The lowest BCUT2D eigenvalue weighted by atomic mass is 10.1. The van der Waals surface area contributed by atoms with Gasteiger partial charge in [-0.1, -0.05) is 18.0 Å². The number of fused-ring (bicyclic) bond motifs is 1. The van der Waals surface area contributed by atoms with E-state index in [9.17, 15) is 9.59 Å². The summed E-state index contributed by atoms with van der Waals surface area (Å²) < 4.78 is 0. The van der Waals surface area contributed by atoms with Gasteiger partial charge in [0.1, 0.15) is 5.78 Å². The van der Waals surface area contributed by atoms with Crippen molar-refractivity contribution in [2.45, 2.75) is 38.1 Å². The van der Waals surface area contributed by atoms with Crippen LogP contribution in [0, 0.1) is 0 Å². The number of hydrogen-bond donors (Lipinski definition) is 1. The van der Waals surface area contributed by atoms with Crippen LogP contribution in [0.25, 0.3) is 10.9 Å². The lowest BCUT2D eigenvalue weighted by molar-refractivity contribution is -0.119. The molecule has 1 aromatic heterocycles. The van der Waals surface area contributed by atoms with E-state index in [0.717, 1.165) is 48.9 Å². The molecule has 1 aromatic carbocycles. The number of Topliss-reactive ketones (excluding diaryl/α,β-unsaturated/α-hetero) is 1. The molecular formula is C21H25ClN4O2. The second kappa shape index (κ2) is 8.35. The summed E-state index contributed by atoms with van der Waals surface area (Å²) in [4.78, 5) is 33.0. The Morgan fingerprint density at radius 3 is 2.79 bits per heavy atom. The topological polar surface area (TPSA) is 65.5 Å². The molecule has 0 radical (unpaired) electrons. The molecule has 4 rings (SSSR count). The Balaban J connectivity index is 1.38. The third kappa shape index (κ3) is 4.22. The number of nitrogens with zero attached hydrogens (tertiary/aromatic N) is 3. The van der Waals surface area contributed by atoms with Gasteiger partial charge in [0.15, 0.2) is 0 Å². The predicted molar refractivity (Wildman–Crippen MR) is 111 cm³/mol. The molecule has 0 bridgehead atoms. The van der Waals surface area contributed by atoms with Gasteiger partial charge in [0.2, 0.25) is 0 Å². The number of nitrogens with one attached hydrogen (secondary N) is 1. The monoisotopic (exact) mass is 400 g/mol. The number of anilines is 1. The minimum Gasteiger partial charge on any atom is -0.367 e. The van der Waals surface area contributed by atoms with Crippen LogP contribution in [0.3, 0.4) is 0 Å². The average molecular weight is 401 g/mol. The Bertz CT molecular complexity index is 880. The van der Waals surface area contributed by atoms with Crippen molar-refractivity contribution < 1.29 is 9.59 Å². The van der Waals surface area contributed by atoms with Gasteiger partial charge < -0.3 is 15.1 Å². The van der Waals surface area contributed by atoms with Gasteiger partial charge in [-0.05, 0) is 37.1 Å². The van der Waals surface area contributed by atoms with Crippen molar-refractivity contribution >= 4 is 40.0 Å². The van der Waals surface area contributed by atoms with Crippen LogP contribution in [-0.4, -0.2) is 53.9 Å². The number of rotatable bonds is 2. The van der Waals surface area contributed by atoms with Crippen LogP contribution >= 0.6 is 11.6 Å². The highest BCUT2D eigenvalue weighted by molar-refractivity contribution is 6.31. The number of aromatic nitrogens is 1. The van der Waals surface area contributed by atoms with Gasteiger partial charge in [0.25, 0.3) is 0 Å². The molecular weight excluding hydrogens is 376 g/mol. The Labute approximate surface area is 169 Å². The fraction of sp³-hybridized carbons (Fsp3) is 0.476. The van der Waals surface area contributed by atoms with Crippen LogP contribution < -0.4 is 10.2 Å². The molecule has 1 atom stereocenters. The van der Waals surface area contributed by atoms with E-state index in [1.54, 1.807) is 6.20 Å². The number of halogens is 1. The maximum absolute atomic E-state index is 12.6. The molecule has 1 saturated heterocycles. The average Bonchev–Trinajstić information content (AvgIpc) is 2.91. The molecule has 0 spiro atoms. The van der Waals surface area contributed by atoms with Gasteiger partial charge >= 0.3 is 6.03 Å². The summed E-state index contributed by atoms with van der Waals surface area (Å²) in [5.41, 5.74) is 2.00. The molecule has 6 nitrogen and oxygen atoms in total. The molecule has 2 amide bonds. The lowest BCUT2D eigenvalue weighted by Crippen LogP contribution is -2.53. The number of carbonyl (C=O) groups excluding carboxylic acids is 2. The number of benzene rings is 1. The second-order valence-electron chi connectivity index (χ2n) is 7.60. The van der Waals surface area contributed by atoms with Crippen molar-refractivity contribution in [3.63, 3.8) is 0 Å². The zero-order chi connectivity index (χ0) is 19.5. The van der Waals surface area contributed by atoms with Crippen molar-refractivity contribution in [3.05, 3.63) is 35.5 Å². The van der Waals surface area contributed by atoms with Crippen LogP contribution in [0.4, 0.5) is 10.5 Å². The molecule has 28 heavy (non-hydrogen) atoms. The van der Waals surface area contributed by atoms with Crippen LogP contribution in [0.15, 0.2) is 30.5 Å². The first-order valence-corrected chi connectivity index (χ1v) is 10.3. The Kier molecular flexibility index (Phi) is 5.67. The normalized spacial score (nSPS) is 20.9. The highest BCUT2D eigenvalue weighted by atomic mass is 35.5. The fourth-order valence-corrected chi connectivity index (χ4v) is 4.28. The summed E-state index contributed by atoms with van der Waals surface area (Å²) in [5, 5.41) is 4.82. The minimum absolute atomic E-state index is 0.0191. The standard InChI is InChI=1S/C21H25ClN4O2/c22-15-5-6-18-19(13-15)23-8-7-20(18)25-9-11-26(12-10-25)21(28)24-16-3-1-2-4-17(27)14-16/h5-8,13,16H,1-4,9-12,14H2,(H,24,28). The van der Waals surface area contributed by atoms with E-state index in [2.05, 4.69) is 15.2 Å². The zero-order valence-electron chi connectivity index (χ0n) is 15.9. The predicted octanol–water partition coefficient (Wildman–Crippen LogP) is 3.62. The van der Waals surface area contributed by atoms with Gasteiger partial charge in [0, 0.05) is 67.4 Å². The molecule has 1 N–H and O–H groups in total. The number of hydrogen-bond acceptors (Lipinski definition) is 4. The van der Waals surface area contributed by atoms with E-state index in [0.29, 0.717) is 31.0 Å². The van der Waals surface area contributed by atoms with E-state index >= 15 is 0 Å². The summed E-state index contributed by atoms with van der Waals surface area (Å²) >= 11 is 6.08. The highest BCUT2D eigenvalue weighted by Gasteiger charge is 2.25. The minimum atomic E-state index is -0.0503. The van der Waals surface area contributed by atoms with E-state index in [4.69, 9.17) is 11.6 Å². The summed E-state index contributed by atoms with van der Waals surface area (Å²) in [6, 6.07) is 7.70. The third-order valence-electron chi connectivity index (χ3n) is 5.65. The van der Waals surface area contributed by atoms with Crippen LogP contribution in [0.5, 0.6) is 0 Å². The second-order valence-corrected chi connectivity index (χ2v) is 8.04. The number of amides is 2. The van der Waals surface area contributed by atoms with Gasteiger partial charge in [-0.2, -0.15) is 0 Å². The Morgan fingerprint density at radius 2 is 1.96 bits per heavy atom. The van der Waals surface area contributed by atoms with Crippen molar-refractivity contribution in [1.29, 1.82) is 0 Å². The van der Waals surface area contributed by atoms with Crippen LogP contribution in [0.2, 0.25) is 5.02 Å². The van der Waals surface area contributed by atoms with Crippen LogP contribution in [-0.2, 0) is 4.79 Å². The van der Waals surface area contributed by atoms with Gasteiger partial charge in [0.05, 0.1) is 5.52 Å². The quantitative estimate of drug-likeness (QED) is 0.782. The van der Waals surface area contributed by atoms with Gasteiger partial charge in [-0.15, -0.1) is 0 Å². The summed E-state index contributed by atoms with van der Waals surface area (Å²) in [6.07, 6.45) is 5.76. The highest BCUT2D eigenvalue weighted by Crippen LogP contribution is 2.28. The Morgan fingerprint density at radius 1 is 1.14 bits per heavy atom. The van der Waals surface area contributed by atoms with E-state index in [1.165, 1.54) is 0 Å². The molecule has 1 aliphatic carbocycles. The third-order valence-corrected chi connectivity index (χ3v) is 5.88. The lowest BCUT2D eigenvalue weighted by Gasteiger charge is -2.37. The molecule has 1 aliphatic heterocycles. The molecule has 2 aromatic rings. The first-order chi connectivity index (χ1) is 13.6. The number of urea groups is 1. The maximum atomic E-state index is 12.6. The first-order valence-electron chi connectivity index (χ1n) is 9.96. The zero-order valence-corrected chi connectivity index (χ0v) is 16.6. The van der Waals surface area contributed by atoms with Crippen molar-refractivity contribution in [2.24, 2.45) is 0 Å². The first kappa shape index (κ1) is 19.0. The van der Waals surface area contributed by atoms with E-state index in [1.807, 2.05) is 29.2 Å². The maximum Gasteiger partial charge on any atom is 0.317 e. The fourth-order valence-electron chi connectivity index (χ4n) is 4.11. The van der Waals surface area contributed by atoms with E-state index < -0.39 is 0 Å². The molecule has 148 valence electrons. The van der Waals surface area contributed by atoms with Gasteiger partial charge in [-0.3, -0.25) is 9.78 Å². The van der Waals surface area contributed by atoms with Crippen molar-refractivity contribution in [2.75, 3.05) is 31.1 Å². The largest absolute Gasteiger partial charge is 0.367 e. The Hall–Kier alpha value is -2.34. The van der Waals surface area contributed by atoms with Gasteiger partial charge in [-0.25, -0.2) is 4.79 Å². The smallest absolute Gasteiger partial charge is 0.317 e. The summed E-state index contributed by atoms with van der Waals surface area (Å²) in [6.45, 7) is 2.84. The number of piperazine rings is 1. The molecule has 2 aliphatic rings. The summed E-state index contributed by atoms with van der Waals surface area (Å²) in [5.74, 6) is 0.261. The number of carbonyl (C=O) groups is 2. The molecule has 2 heterocycles. The van der Waals surface area contributed by atoms with Crippen LogP contribution in [0.1, 0.15) is 32.1 Å². The van der Waals surface area contributed by atoms with Crippen molar-refractivity contribution in [1.82, 2.24) is 15.2 Å².